The van der Waals surface area contributed by atoms with E-state index in [2.05, 4.69) is 27.7 Å². The van der Waals surface area contributed by atoms with E-state index < -0.39 is 10.8 Å². The number of benzene rings is 2. The minimum absolute atomic E-state index is 0.0172. The van der Waals surface area contributed by atoms with Crippen LogP contribution in [0.1, 0.15) is 128 Å². The lowest BCUT2D eigenvalue weighted by Gasteiger charge is -2.59. The largest absolute Gasteiger partial charge is 0.508 e. The third-order valence-corrected chi connectivity index (χ3v) is 13.7. The highest BCUT2D eigenvalue weighted by molar-refractivity contribution is 5.87. The van der Waals surface area contributed by atoms with Gasteiger partial charge in [0.25, 0.3) is 0 Å². The molecular weight excluding hydrogens is 638 g/mol. The predicted octanol–water partition coefficient (Wildman–Crippen LogP) is 7.62. The number of carbonyl (C=O) groups excluding carboxylic acids is 2. The fourth-order valence-corrected chi connectivity index (χ4v) is 9.85. The quantitative estimate of drug-likeness (QED) is 0.165. The number of fused-ring (bicyclic) bond motifs is 4. The molecule has 2 aromatic rings. The van der Waals surface area contributed by atoms with Gasteiger partial charge in [0, 0.05) is 47.6 Å². The molecule has 272 valence electrons. The molecule has 10 nitrogen and oxygen atoms in total. The van der Waals surface area contributed by atoms with Crippen molar-refractivity contribution in [1.82, 2.24) is 0 Å². The highest BCUT2D eigenvalue weighted by Gasteiger charge is 2.60. The van der Waals surface area contributed by atoms with Crippen LogP contribution in [0.5, 0.6) is 23.0 Å². The number of aromatic hydroxyl groups is 4. The van der Waals surface area contributed by atoms with E-state index in [9.17, 15) is 34.9 Å². The average molecular weight is 693 g/mol. The van der Waals surface area contributed by atoms with Gasteiger partial charge in [0.1, 0.15) is 39.5 Å². The fraction of sp³-hybridized carbons (Fsp3) is 0.650. The van der Waals surface area contributed by atoms with Crippen LogP contribution in [0.25, 0.3) is 0 Å². The summed E-state index contributed by atoms with van der Waals surface area (Å²) in [5.41, 5.74) is 0.799. The number of phenols is 4. The lowest BCUT2D eigenvalue weighted by atomic mass is 9.44. The van der Waals surface area contributed by atoms with Crippen molar-refractivity contribution in [1.29, 1.82) is 0 Å². The molecule has 0 amide bonds. The number of hydrogen-bond acceptors (Lipinski definition) is 9. The summed E-state index contributed by atoms with van der Waals surface area (Å²) < 4.78 is 0. The molecule has 6 aliphatic rings. The number of nitrogens with zero attached hydrogens (tertiary/aromatic N) is 1. The molecule has 8 rings (SSSR count). The van der Waals surface area contributed by atoms with Crippen LogP contribution < -0.4 is 0 Å². The summed E-state index contributed by atoms with van der Waals surface area (Å²) in [4.78, 5) is 48.4. The van der Waals surface area contributed by atoms with Crippen molar-refractivity contribution in [3.63, 3.8) is 0 Å². The zero-order valence-electron chi connectivity index (χ0n) is 30.7. The standard InChI is InChI=1S/C40H53NO9/c1-37(2,21-13-31(44)35(32(45)14-21)23-17-29(42)27-19-25(23)39(27,5)6)9-11-49-41(48)50-12-10-38(3,4)22-15-33(46)36(34(47)16-22)24-18-30(43)28-20-26(24)40(28,7)8/h13-16,23-28H,9-12,17-20H2,1-8H3,(H3-,44,45,46,47)/p+1/t23-,24-,25+,26+,27+,28+/m1/s1. The fourth-order valence-electron chi connectivity index (χ4n) is 9.85. The lowest BCUT2D eigenvalue weighted by molar-refractivity contribution is -0.981. The second-order valence-corrected chi connectivity index (χ2v) is 18.0. The Morgan fingerprint density at radius 1 is 0.660 bits per heavy atom. The zero-order valence-corrected chi connectivity index (χ0v) is 30.7. The molecule has 0 aliphatic heterocycles. The van der Waals surface area contributed by atoms with Crippen LogP contribution in [-0.2, 0) is 30.1 Å². The SMILES string of the molecule is CC(C)(CCO[N+](=O)OCCC(C)(C)c1cc(O)c([C@@H]2CC(=O)[C@@H]3C[C@@H]2C3(C)C)c(O)c1)c1cc(O)c([C@@H]2CC(=O)[C@@H]3C[C@@H]2C3(C)C)c(O)c1. The Morgan fingerprint density at radius 3 is 1.26 bits per heavy atom. The first-order chi connectivity index (χ1) is 23.2. The molecule has 4 N–H and O–H groups in total. The maximum Gasteiger partial charge on any atom is 0.477 e. The Balaban J connectivity index is 1.01. The molecule has 0 unspecified atom stereocenters. The minimum atomic E-state index is -0.573. The molecule has 0 heterocycles. The summed E-state index contributed by atoms with van der Waals surface area (Å²) in [6.45, 7) is 16.1. The van der Waals surface area contributed by atoms with E-state index in [0.717, 1.165) is 12.8 Å². The Hall–Kier alpha value is -3.82. The molecule has 0 aromatic heterocycles. The van der Waals surface area contributed by atoms with E-state index in [1.165, 1.54) is 0 Å². The summed E-state index contributed by atoms with van der Waals surface area (Å²) in [5, 5.41) is 44.3. The van der Waals surface area contributed by atoms with Crippen LogP contribution in [0, 0.1) is 39.4 Å². The molecule has 6 saturated carbocycles. The molecular formula is C40H54NO9+. The molecule has 6 fully saturated rings. The summed E-state index contributed by atoms with van der Waals surface area (Å²) in [7, 11) is 0. The Bertz CT molecular complexity index is 1550. The summed E-state index contributed by atoms with van der Waals surface area (Å²) in [5.74, 6) is 0.412. The van der Waals surface area contributed by atoms with Gasteiger partial charge in [-0.1, -0.05) is 55.4 Å². The number of phenolic OH excluding ortho intramolecular Hbond substituents is 4. The van der Waals surface area contributed by atoms with Crippen LogP contribution in [0.4, 0.5) is 0 Å². The Labute approximate surface area is 294 Å². The number of rotatable bonds is 12. The van der Waals surface area contributed by atoms with Gasteiger partial charge in [0.15, 0.2) is 13.2 Å². The first-order valence-electron chi connectivity index (χ1n) is 18.1. The number of Topliss-reactive ketones (excluding diaryl/α,β-unsaturated/α-hetero) is 2. The normalized spacial score (nSPS) is 28.0. The van der Waals surface area contributed by atoms with E-state index in [4.69, 9.17) is 9.68 Å². The smallest absolute Gasteiger partial charge is 0.477 e. The third kappa shape index (κ3) is 5.90. The van der Waals surface area contributed by atoms with Gasteiger partial charge in [-0.15, -0.1) is 0 Å². The van der Waals surface area contributed by atoms with E-state index in [1.54, 1.807) is 24.3 Å². The maximum atomic E-state index is 12.7. The van der Waals surface area contributed by atoms with Crippen molar-refractivity contribution in [3.8, 4) is 23.0 Å². The van der Waals surface area contributed by atoms with Crippen molar-refractivity contribution >= 4 is 11.6 Å². The highest BCUT2D eigenvalue weighted by atomic mass is 17.0. The molecule has 50 heavy (non-hydrogen) atoms. The number of ketones is 2. The van der Waals surface area contributed by atoms with Crippen LogP contribution in [0.15, 0.2) is 24.3 Å². The van der Waals surface area contributed by atoms with Gasteiger partial charge in [-0.25, -0.2) is 0 Å². The molecule has 0 saturated heterocycles. The maximum absolute atomic E-state index is 12.7. The molecule has 0 radical (unpaired) electrons. The van der Waals surface area contributed by atoms with E-state index in [-0.39, 0.29) is 99.2 Å². The predicted molar refractivity (Wildman–Crippen MR) is 186 cm³/mol. The minimum Gasteiger partial charge on any atom is -0.508 e. The lowest BCUT2D eigenvalue weighted by Crippen LogP contribution is -2.56. The van der Waals surface area contributed by atoms with Gasteiger partial charge in [0.05, 0.1) is 0 Å². The van der Waals surface area contributed by atoms with E-state index in [1.807, 2.05) is 27.7 Å². The van der Waals surface area contributed by atoms with Crippen molar-refractivity contribution in [2.24, 2.45) is 34.5 Å². The van der Waals surface area contributed by atoms with Crippen LogP contribution >= 0.6 is 0 Å². The molecule has 2 aromatic carbocycles. The Kier molecular flexibility index (Phi) is 8.75. The van der Waals surface area contributed by atoms with Crippen LogP contribution in [0.3, 0.4) is 0 Å². The molecule has 10 heteroatoms. The average Bonchev–Trinajstić information content (AvgIpc) is 2.99. The van der Waals surface area contributed by atoms with Gasteiger partial charge >= 0.3 is 5.09 Å². The third-order valence-electron chi connectivity index (χ3n) is 13.7. The van der Waals surface area contributed by atoms with Crippen molar-refractivity contribution in [3.05, 3.63) is 51.4 Å². The van der Waals surface area contributed by atoms with Gasteiger partial charge in [-0.2, -0.15) is 9.68 Å². The van der Waals surface area contributed by atoms with Crippen LogP contribution in [0.2, 0.25) is 0 Å². The van der Waals surface area contributed by atoms with Gasteiger partial charge in [-0.05, 0) is 94.6 Å². The summed E-state index contributed by atoms with van der Waals surface area (Å²) in [6.07, 6.45) is 2.99. The molecule has 6 aliphatic carbocycles. The van der Waals surface area contributed by atoms with Crippen LogP contribution in [-0.4, -0.2) is 50.3 Å². The van der Waals surface area contributed by atoms with Crippen molar-refractivity contribution in [2.75, 3.05) is 13.2 Å². The second kappa shape index (κ2) is 12.2. The van der Waals surface area contributed by atoms with Gasteiger partial charge in [0.2, 0.25) is 0 Å². The topological polar surface area (TPSA) is 154 Å². The monoisotopic (exact) mass is 692 g/mol. The number of hydrogen-bond donors (Lipinski definition) is 4. The first-order valence-corrected chi connectivity index (χ1v) is 18.1. The van der Waals surface area contributed by atoms with Gasteiger partial charge < -0.3 is 20.4 Å². The summed E-state index contributed by atoms with van der Waals surface area (Å²) >= 11 is 0. The van der Waals surface area contributed by atoms with E-state index in [0.29, 0.717) is 47.9 Å². The summed E-state index contributed by atoms with van der Waals surface area (Å²) in [6, 6.07) is 6.58. The highest BCUT2D eigenvalue weighted by Crippen LogP contribution is 2.65. The van der Waals surface area contributed by atoms with Gasteiger partial charge in [-0.3, -0.25) is 9.59 Å². The molecule has 6 atom stereocenters. The van der Waals surface area contributed by atoms with Crippen molar-refractivity contribution in [2.45, 2.75) is 117 Å². The number of carbonyl (C=O) groups is 2. The molecule has 0 spiro atoms. The van der Waals surface area contributed by atoms with E-state index >= 15 is 0 Å². The second-order valence-electron chi connectivity index (χ2n) is 18.0. The zero-order chi connectivity index (χ0) is 36.7. The molecule has 4 bridgehead atoms. The first kappa shape index (κ1) is 36.0. The van der Waals surface area contributed by atoms with Crippen molar-refractivity contribution < 1.29 is 44.8 Å². The Morgan fingerprint density at radius 2 is 0.980 bits per heavy atom.